The van der Waals surface area contributed by atoms with Gasteiger partial charge in [0.25, 0.3) is 5.56 Å². The molecule has 0 N–H and O–H groups in total. The zero-order chi connectivity index (χ0) is 19.0. The summed E-state index contributed by atoms with van der Waals surface area (Å²) in [6, 6.07) is 13.4. The van der Waals surface area contributed by atoms with Crippen LogP contribution in [0.5, 0.6) is 5.75 Å². The highest BCUT2D eigenvalue weighted by Crippen LogP contribution is 2.20. The van der Waals surface area contributed by atoms with E-state index in [-0.39, 0.29) is 17.6 Å². The number of likely N-dealkylation sites (tertiary alicyclic amines) is 1. The Morgan fingerprint density at radius 1 is 1.22 bits per heavy atom. The smallest absolute Gasteiger partial charge is 0.254 e. The van der Waals surface area contributed by atoms with E-state index in [9.17, 15) is 9.59 Å². The van der Waals surface area contributed by atoms with Gasteiger partial charge in [-0.3, -0.25) is 9.59 Å². The van der Waals surface area contributed by atoms with Crippen LogP contribution < -0.4 is 10.3 Å². The van der Waals surface area contributed by atoms with E-state index in [0.29, 0.717) is 25.4 Å². The number of fused-ring (bicyclic) bond motifs is 1. The van der Waals surface area contributed by atoms with Crippen molar-refractivity contribution < 1.29 is 9.53 Å². The SMILES string of the molecule is Cc1cc(O[C@@H]2CCN(C(=O)Cn3ccc4ccccc43)C2)cc(=O)n1C. The normalized spacial score (nSPS) is 16.8. The number of pyridine rings is 1. The Bertz CT molecular complexity index is 1050. The van der Waals surface area contributed by atoms with Gasteiger partial charge in [-0.1, -0.05) is 18.2 Å². The monoisotopic (exact) mass is 365 g/mol. The minimum absolute atomic E-state index is 0.0816. The van der Waals surface area contributed by atoms with Crippen LogP contribution in [0.3, 0.4) is 0 Å². The first-order valence-corrected chi connectivity index (χ1v) is 9.17. The Kier molecular flexibility index (Phi) is 4.48. The van der Waals surface area contributed by atoms with Crippen LogP contribution in [0.4, 0.5) is 0 Å². The lowest BCUT2D eigenvalue weighted by Gasteiger charge is -2.18. The van der Waals surface area contributed by atoms with Crippen LogP contribution in [0.1, 0.15) is 12.1 Å². The average molecular weight is 365 g/mol. The molecule has 3 heterocycles. The maximum Gasteiger partial charge on any atom is 0.254 e. The molecule has 0 saturated carbocycles. The van der Waals surface area contributed by atoms with Crippen molar-refractivity contribution >= 4 is 16.8 Å². The summed E-state index contributed by atoms with van der Waals surface area (Å²) in [5, 5.41) is 1.13. The zero-order valence-corrected chi connectivity index (χ0v) is 15.6. The molecule has 3 aromatic rings. The van der Waals surface area contributed by atoms with Gasteiger partial charge < -0.3 is 18.8 Å². The van der Waals surface area contributed by atoms with Gasteiger partial charge in [0.2, 0.25) is 5.91 Å². The topological polar surface area (TPSA) is 56.5 Å². The molecule has 27 heavy (non-hydrogen) atoms. The second kappa shape index (κ2) is 6.95. The van der Waals surface area contributed by atoms with Gasteiger partial charge in [-0.2, -0.15) is 0 Å². The maximum atomic E-state index is 12.7. The fraction of sp³-hybridized carbons (Fsp3) is 0.333. The molecule has 4 rings (SSSR count). The van der Waals surface area contributed by atoms with Gasteiger partial charge in [0.1, 0.15) is 18.4 Å². The Labute approximate surface area is 157 Å². The van der Waals surface area contributed by atoms with Crippen molar-refractivity contribution in [1.82, 2.24) is 14.0 Å². The first-order chi connectivity index (χ1) is 13.0. The second-order valence-electron chi connectivity index (χ2n) is 7.10. The van der Waals surface area contributed by atoms with Crippen LogP contribution >= 0.6 is 0 Å². The highest BCUT2D eigenvalue weighted by Gasteiger charge is 2.28. The third kappa shape index (κ3) is 3.47. The van der Waals surface area contributed by atoms with Crippen molar-refractivity contribution in [3.63, 3.8) is 0 Å². The Hall–Kier alpha value is -3.02. The highest BCUT2D eigenvalue weighted by atomic mass is 16.5. The molecule has 2 aromatic heterocycles. The molecule has 1 aromatic carbocycles. The van der Waals surface area contributed by atoms with Crippen molar-refractivity contribution in [2.24, 2.45) is 7.05 Å². The van der Waals surface area contributed by atoms with Gasteiger partial charge >= 0.3 is 0 Å². The van der Waals surface area contributed by atoms with Crippen LogP contribution in [-0.4, -0.2) is 39.1 Å². The highest BCUT2D eigenvalue weighted by molar-refractivity contribution is 5.83. The summed E-state index contributed by atoms with van der Waals surface area (Å²) >= 11 is 0. The number of nitrogens with zero attached hydrogens (tertiary/aromatic N) is 3. The molecule has 0 bridgehead atoms. The summed E-state index contributed by atoms with van der Waals surface area (Å²) < 4.78 is 9.53. The van der Waals surface area contributed by atoms with Gasteiger partial charge in [0, 0.05) is 43.5 Å². The number of benzene rings is 1. The standard InChI is InChI=1S/C21H23N3O3/c1-15-11-18(12-20(25)22(15)2)27-17-8-10-24(13-17)21(26)14-23-9-7-16-5-3-4-6-19(16)23/h3-7,9,11-12,17H,8,10,13-14H2,1-2H3/t17-/m1/s1. The molecule has 0 spiro atoms. The molecule has 6 nitrogen and oxygen atoms in total. The molecule has 1 atom stereocenters. The lowest BCUT2D eigenvalue weighted by molar-refractivity contribution is -0.131. The third-order valence-corrected chi connectivity index (χ3v) is 5.26. The maximum absolute atomic E-state index is 12.7. The van der Waals surface area contributed by atoms with Crippen molar-refractivity contribution in [2.75, 3.05) is 13.1 Å². The predicted octanol–water partition coefficient (Wildman–Crippen LogP) is 2.33. The molecule has 0 aliphatic carbocycles. The van der Waals surface area contributed by atoms with E-state index in [1.807, 2.05) is 59.0 Å². The van der Waals surface area contributed by atoms with Crippen LogP contribution in [0.15, 0.2) is 53.5 Å². The van der Waals surface area contributed by atoms with Gasteiger partial charge in [-0.05, 0) is 30.5 Å². The van der Waals surface area contributed by atoms with E-state index in [4.69, 9.17) is 4.74 Å². The molecule has 0 radical (unpaired) electrons. The van der Waals surface area contributed by atoms with E-state index >= 15 is 0 Å². The molecular weight excluding hydrogens is 342 g/mol. The minimum atomic E-state index is -0.0876. The molecule has 1 saturated heterocycles. The number of hydrogen-bond acceptors (Lipinski definition) is 3. The number of carbonyl (C=O) groups excluding carboxylic acids is 1. The van der Waals surface area contributed by atoms with Gasteiger partial charge in [-0.15, -0.1) is 0 Å². The van der Waals surface area contributed by atoms with Crippen LogP contribution in [0, 0.1) is 6.92 Å². The molecule has 6 heteroatoms. The van der Waals surface area contributed by atoms with E-state index in [2.05, 4.69) is 0 Å². The largest absolute Gasteiger partial charge is 0.488 e. The molecule has 0 unspecified atom stereocenters. The van der Waals surface area contributed by atoms with Gasteiger partial charge in [0.05, 0.1) is 6.54 Å². The summed E-state index contributed by atoms with van der Waals surface area (Å²) in [6.07, 6.45) is 2.64. The Morgan fingerprint density at radius 2 is 2.04 bits per heavy atom. The molecule has 1 aliphatic heterocycles. The van der Waals surface area contributed by atoms with Crippen molar-refractivity contribution in [3.05, 3.63) is 64.7 Å². The fourth-order valence-corrected chi connectivity index (χ4v) is 3.57. The van der Waals surface area contributed by atoms with Crippen molar-refractivity contribution in [3.8, 4) is 5.75 Å². The van der Waals surface area contributed by atoms with E-state index in [0.717, 1.165) is 23.0 Å². The first-order valence-electron chi connectivity index (χ1n) is 9.17. The van der Waals surface area contributed by atoms with Crippen LogP contribution in [0.25, 0.3) is 10.9 Å². The first kappa shape index (κ1) is 17.4. The quantitative estimate of drug-likeness (QED) is 0.713. The summed E-state index contributed by atoms with van der Waals surface area (Å²) in [7, 11) is 1.74. The fourth-order valence-electron chi connectivity index (χ4n) is 3.57. The third-order valence-electron chi connectivity index (χ3n) is 5.26. The van der Waals surface area contributed by atoms with E-state index < -0.39 is 0 Å². The van der Waals surface area contributed by atoms with Gasteiger partial charge in [0.15, 0.2) is 0 Å². The van der Waals surface area contributed by atoms with Crippen LogP contribution in [0.2, 0.25) is 0 Å². The minimum Gasteiger partial charge on any atom is -0.488 e. The number of amides is 1. The predicted molar refractivity (Wildman–Crippen MR) is 104 cm³/mol. The number of aryl methyl sites for hydroxylation is 1. The molecule has 1 amide bonds. The number of para-hydroxylation sites is 1. The van der Waals surface area contributed by atoms with E-state index in [1.54, 1.807) is 11.6 Å². The zero-order valence-electron chi connectivity index (χ0n) is 15.6. The number of aromatic nitrogens is 2. The molecule has 1 fully saturated rings. The lowest BCUT2D eigenvalue weighted by Crippen LogP contribution is -2.33. The summed E-state index contributed by atoms with van der Waals surface area (Å²) in [4.78, 5) is 26.5. The van der Waals surface area contributed by atoms with Gasteiger partial charge in [-0.25, -0.2) is 0 Å². The average Bonchev–Trinajstić information content (AvgIpc) is 3.27. The Balaban J connectivity index is 1.40. The Morgan fingerprint density at radius 3 is 2.85 bits per heavy atom. The van der Waals surface area contributed by atoms with Crippen molar-refractivity contribution in [2.45, 2.75) is 26.0 Å². The van der Waals surface area contributed by atoms with E-state index in [1.165, 1.54) is 6.07 Å². The van der Waals surface area contributed by atoms with Crippen LogP contribution in [-0.2, 0) is 18.4 Å². The summed E-state index contributed by atoms with van der Waals surface area (Å²) in [6.45, 7) is 3.42. The van der Waals surface area contributed by atoms with Crippen molar-refractivity contribution in [1.29, 1.82) is 0 Å². The number of rotatable bonds is 4. The number of hydrogen-bond donors (Lipinski definition) is 0. The summed E-state index contributed by atoms with van der Waals surface area (Å²) in [5.74, 6) is 0.661. The number of carbonyl (C=O) groups is 1. The summed E-state index contributed by atoms with van der Waals surface area (Å²) in [5.41, 5.74) is 1.83. The molecule has 1 aliphatic rings. The molecule has 140 valence electrons. The molecular formula is C21H23N3O3. The second-order valence-corrected chi connectivity index (χ2v) is 7.10. The number of ether oxygens (including phenoxy) is 1. The lowest BCUT2D eigenvalue weighted by atomic mass is 10.2.